The van der Waals surface area contributed by atoms with Crippen molar-refractivity contribution < 1.29 is 19.1 Å². The molecule has 1 aromatic heterocycles. The molecular formula is C19H23N5O4S. The summed E-state index contributed by atoms with van der Waals surface area (Å²) < 4.78 is 4.53. The molecule has 0 radical (unpaired) electrons. The van der Waals surface area contributed by atoms with Gasteiger partial charge in [-0.05, 0) is 31.9 Å². The summed E-state index contributed by atoms with van der Waals surface area (Å²) in [4.78, 5) is 37.5. The van der Waals surface area contributed by atoms with Crippen molar-refractivity contribution in [2.75, 3.05) is 32.1 Å². The van der Waals surface area contributed by atoms with Gasteiger partial charge in [-0.2, -0.15) is 0 Å². The Balaban J connectivity index is 1.58. The summed E-state index contributed by atoms with van der Waals surface area (Å²) in [5.41, 5.74) is 1.81. The standard InChI is InChI=1S/C19H23N5O4S/c1-12-5-7-14(8-6-12)21-16(26)18-23-22-17(29-18)13-4-3-9-24(11-13)19(27)20-10-15(25)28-2/h5-8,13H,3-4,9-11H2,1-2H3,(H,20,27)(H,21,26)/t13-/m0/s1. The number of rotatable bonds is 5. The fourth-order valence-corrected chi connectivity index (χ4v) is 3.87. The summed E-state index contributed by atoms with van der Waals surface area (Å²) >= 11 is 1.24. The molecular weight excluding hydrogens is 394 g/mol. The van der Waals surface area contributed by atoms with Crippen LogP contribution in [-0.4, -0.2) is 59.7 Å². The maximum Gasteiger partial charge on any atom is 0.325 e. The van der Waals surface area contributed by atoms with Gasteiger partial charge in [-0.1, -0.05) is 29.0 Å². The van der Waals surface area contributed by atoms with Crippen LogP contribution in [0.1, 0.15) is 39.1 Å². The van der Waals surface area contributed by atoms with Gasteiger partial charge in [-0.3, -0.25) is 9.59 Å². The Bertz CT molecular complexity index is 883. The number of carbonyl (C=O) groups is 3. The third-order valence-electron chi connectivity index (χ3n) is 4.61. The Labute approximate surface area is 172 Å². The van der Waals surface area contributed by atoms with Gasteiger partial charge in [0.2, 0.25) is 5.01 Å². The van der Waals surface area contributed by atoms with Crippen molar-refractivity contribution in [3.05, 3.63) is 39.8 Å². The highest BCUT2D eigenvalue weighted by Gasteiger charge is 2.28. The van der Waals surface area contributed by atoms with E-state index in [0.29, 0.717) is 18.8 Å². The van der Waals surface area contributed by atoms with Crippen LogP contribution in [0.2, 0.25) is 0 Å². The minimum Gasteiger partial charge on any atom is -0.468 e. The highest BCUT2D eigenvalue weighted by molar-refractivity contribution is 7.13. The van der Waals surface area contributed by atoms with Crippen LogP contribution in [0.15, 0.2) is 24.3 Å². The normalized spacial score (nSPS) is 16.2. The fraction of sp³-hybridized carbons (Fsp3) is 0.421. The van der Waals surface area contributed by atoms with E-state index in [0.717, 1.165) is 23.4 Å². The second-order valence-electron chi connectivity index (χ2n) is 6.79. The predicted molar refractivity (Wildman–Crippen MR) is 108 cm³/mol. The van der Waals surface area contributed by atoms with Gasteiger partial charge in [-0.25, -0.2) is 4.79 Å². The van der Waals surface area contributed by atoms with E-state index in [2.05, 4.69) is 25.6 Å². The molecule has 10 heteroatoms. The topological polar surface area (TPSA) is 114 Å². The molecule has 1 saturated heterocycles. The van der Waals surface area contributed by atoms with Crippen LogP contribution in [-0.2, 0) is 9.53 Å². The molecule has 2 N–H and O–H groups in total. The van der Waals surface area contributed by atoms with Gasteiger partial charge in [0.05, 0.1) is 7.11 Å². The van der Waals surface area contributed by atoms with E-state index in [1.54, 1.807) is 4.90 Å². The Hall–Kier alpha value is -3.01. The molecule has 0 saturated carbocycles. The average Bonchev–Trinajstić information content (AvgIpc) is 3.24. The molecule has 1 fully saturated rings. The SMILES string of the molecule is COC(=O)CNC(=O)N1CCC[C@H](c2nnc(C(=O)Nc3ccc(C)cc3)s2)C1. The van der Waals surface area contributed by atoms with Crippen molar-refractivity contribution in [2.24, 2.45) is 0 Å². The number of carbonyl (C=O) groups excluding carboxylic acids is 3. The van der Waals surface area contributed by atoms with Gasteiger partial charge in [0.1, 0.15) is 11.6 Å². The minimum absolute atomic E-state index is 0.00560. The smallest absolute Gasteiger partial charge is 0.325 e. The zero-order chi connectivity index (χ0) is 20.8. The zero-order valence-electron chi connectivity index (χ0n) is 16.3. The molecule has 0 aliphatic carbocycles. The number of aryl methyl sites for hydroxylation is 1. The lowest BCUT2D eigenvalue weighted by molar-refractivity contribution is -0.139. The predicted octanol–water partition coefficient (Wildman–Crippen LogP) is 2.16. The molecule has 1 atom stereocenters. The molecule has 1 aliphatic rings. The maximum absolute atomic E-state index is 12.4. The lowest BCUT2D eigenvalue weighted by Crippen LogP contribution is -2.46. The maximum atomic E-state index is 12.4. The first kappa shape index (κ1) is 20.7. The number of hydrogen-bond donors (Lipinski definition) is 2. The Morgan fingerprint density at radius 1 is 1.24 bits per heavy atom. The number of methoxy groups -OCH3 is 1. The van der Waals surface area contributed by atoms with E-state index >= 15 is 0 Å². The zero-order valence-corrected chi connectivity index (χ0v) is 17.1. The number of hydrogen-bond acceptors (Lipinski definition) is 7. The van der Waals surface area contributed by atoms with E-state index in [-0.39, 0.29) is 29.4 Å². The minimum atomic E-state index is -0.500. The number of benzene rings is 1. The summed E-state index contributed by atoms with van der Waals surface area (Å²) in [5.74, 6) is -0.799. The number of ether oxygens (including phenoxy) is 1. The van der Waals surface area contributed by atoms with Crippen LogP contribution in [0.5, 0.6) is 0 Å². The van der Waals surface area contributed by atoms with Crippen molar-refractivity contribution in [1.29, 1.82) is 0 Å². The van der Waals surface area contributed by atoms with E-state index in [4.69, 9.17) is 0 Å². The van der Waals surface area contributed by atoms with Crippen molar-refractivity contribution in [1.82, 2.24) is 20.4 Å². The summed E-state index contributed by atoms with van der Waals surface area (Å²) in [7, 11) is 1.27. The number of aromatic nitrogens is 2. The Morgan fingerprint density at radius 2 is 2.00 bits per heavy atom. The molecule has 29 heavy (non-hydrogen) atoms. The number of nitrogens with one attached hydrogen (secondary N) is 2. The monoisotopic (exact) mass is 417 g/mol. The second-order valence-corrected chi connectivity index (χ2v) is 7.79. The van der Waals surface area contributed by atoms with Crippen molar-refractivity contribution in [3.8, 4) is 0 Å². The largest absolute Gasteiger partial charge is 0.468 e. The van der Waals surface area contributed by atoms with Crippen LogP contribution in [0.4, 0.5) is 10.5 Å². The number of anilines is 1. The summed E-state index contributed by atoms with van der Waals surface area (Å²) in [5, 5.41) is 14.6. The van der Waals surface area contributed by atoms with E-state index < -0.39 is 5.97 Å². The van der Waals surface area contributed by atoms with Crippen LogP contribution in [0, 0.1) is 6.92 Å². The van der Waals surface area contributed by atoms with Crippen molar-refractivity contribution >= 4 is 34.9 Å². The molecule has 0 spiro atoms. The highest BCUT2D eigenvalue weighted by Crippen LogP contribution is 2.29. The quantitative estimate of drug-likeness (QED) is 0.721. The number of amides is 3. The number of likely N-dealkylation sites (tertiary alicyclic amines) is 1. The fourth-order valence-electron chi connectivity index (χ4n) is 3.01. The number of urea groups is 1. The van der Waals surface area contributed by atoms with E-state index in [1.165, 1.54) is 18.4 Å². The molecule has 1 aliphatic heterocycles. The third kappa shape index (κ3) is 5.50. The molecule has 3 amide bonds. The number of piperidine rings is 1. The van der Waals surface area contributed by atoms with Crippen LogP contribution in [0.25, 0.3) is 0 Å². The average molecular weight is 417 g/mol. The lowest BCUT2D eigenvalue weighted by Gasteiger charge is -2.31. The van der Waals surface area contributed by atoms with Crippen LogP contribution >= 0.6 is 11.3 Å². The first-order valence-electron chi connectivity index (χ1n) is 9.27. The summed E-state index contributed by atoms with van der Waals surface area (Å²) in [6, 6.07) is 7.19. The van der Waals surface area contributed by atoms with E-state index in [1.807, 2.05) is 31.2 Å². The van der Waals surface area contributed by atoms with Crippen molar-refractivity contribution in [3.63, 3.8) is 0 Å². The highest BCUT2D eigenvalue weighted by atomic mass is 32.1. The number of esters is 1. The van der Waals surface area contributed by atoms with Crippen LogP contribution < -0.4 is 10.6 Å². The van der Waals surface area contributed by atoms with Gasteiger partial charge in [0.25, 0.3) is 5.91 Å². The first-order valence-corrected chi connectivity index (χ1v) is 10.1. The van der Waals surface area contributed by atoms with Gasteiger partial charge in [0.15, 0.2) is 0 Å². The van der Waals surface area contributed by atoms with Gasteiger partial charge >= 0.3 is 12.0 Å². The second kappa shape index (κ2) is 9.46. The molecule has 0 bridgehead atoms. The summed E-state index contributed by atoms with van der Waals surface area (Å²) in [6.07, 6.45) is 1.66. The lowest BCUT2D eigenvalue weighted by atomic mass is 9.99. The molecule has 2 heterocycles. The molecule has 2 aromatic rings. The van der Waals surface area contributed by atoms with Crippen LogP contribution in [0.3, 0.4) is 0 Å². The Kier molecular flexibility index (Phi) is 6.76. The molecule has 0 unspecified atom stereocenters. The van der Waals surface area contributed by atoms with E-state index in [9.17, 15) is 14.4 Å². The van der Waals surface area contributed by atoms with Gasteiger partial charge in [0, 0.05) is 24.7 Å². The molecule has 1 aromatic carbocycles. The molecule has 3 rings (SSSR count). The summed E-state index contributed by atoms with van der Waals surface area (Å²) in [6.45, 7) is 2.87. The molecule has 154 valence electrons. The van der Waals surface area contributed by atoms with Gasteiger partial charge in [-0.15, -0.1) is 10.2 Å². The molecule has 9 nitrogen and oxygen atoms in total. The van der Waals surface area contributed by atoms with Crippen molar-refractivity contribution in [2.45, 2.75) is 25.7 Å². The third-order valence-corrected chi connectivity index (χ3v) is 5.70. The first-order chi connectivity index (χ1) is 14.0. The Morgan fingerprint density at radius 3 is 2.72 bits per heavy atom. The number of nitrogens with zero attached hydrogens (tertiary/aromatic N) is 3. The van der Waals surface area contributed by atoms with Gasteiger partial charge < -0.3 is 20.3 Å².